The summed E-state index contributed by atoms with van der Waals surface area (Å²) in [6.07, 6.45) is 0.400. The van der Waals surface area contributed by atoms with Crippen molar-refractivity contribution in [2.75, 3.05) is 13.7 Å². The van der Waals surface area contributed by atoms with E-state index in [1.807, 2.05) is 36.1 Å². The molecule has 1 aromatic heterocycles. The largest absolute Gasteiger partial charge is 0.497 e. The Morgan fingerprint density at radius 2 is 2.00 bits per heavy atom. The summed E-state index contributed by atoms with van der Waals surface area (Å²) in [6.45, 7) is 3.95. The maximum atomic E-state index is 12.4. The third-order valence-electron chi connectivity index (χ3n) is 3.81. The van der Waals surface area contributed by atoms with E-state index in [4.69, 9.17) is 4.74 Å². The molecule has 0 radical (unpaired) electrons. The van der Waals surface area contributed by atoms with Crippen molar-refractivity contribution in [2.24, 2.45) is 0 Å². The number of benzene rings is 1. The highest BCUT2D eigenvalue weighted by atomic mass is 16.5. The van der Waals surface area contributed by atoms with Gasteiger partial charge in [-0.25, -0.2) is 0 Å². The highest BCUT2D eigenvalue weighted by Gasteiger charge is 2.23. The Morgan fingerprint density at radius 3 is 2.71 bits per heavy atom. The van der Waals surface area contributed by atoms with Crippen LogP contribution < -0.4 is 4.74 Å². The molecule has 2 aromatic rings. The molecule has 1 aliphatic heterocycles. The minimum atomic E-state index is 0.118. The van der Waals surface area contributed by atoms with Crippen molar-refractivity contribution < 1.29 is 9.53 Å². The smallest absolute Gasteiger partial charge is 0.227 e. The molecule has 21 heavy (non-hydrogen) atoms. The van der Waals surface area contributed by atoms with Crippen LogP contribution in [0.1, 0.15) is 17.2 Å². The van der Waals surface area contributed by atoms with Gasteiger partial charge in [-0.05, 0) is 24.6 Å². The maximum absolute atomic E-state index is 12.4. The molecule has 1 aromatic carbocycles. The zero-order chi connectivity index (χ0) is 14.8. The molecule has 2 heterocycles. The Labute approximate surface area is 123 Å². The summed E-state index contributed by atoms with van der Waals surface area (Å²) >= 11 is 0. The van der Waals surface area contributed by atoms with Gasteiger partial charge in [0.2, 0.25) is 5.91 Å². The molecule has 0 N–H and O–H groups in total. The van der Waals surface area contributed by atoms with Gasteiger partial charge >= 0.3 is 0 Å². The maximum Gasteiger partial charge on any atom is 0.227 e. The molecule has 1 aliphatic rings. The van der Waals surface area contributed by atoms with E-state index in [1.54, 1.807) is 7.11 Å². The first-order valence-electron chi connectivity index (χ1n) is 6.97. The zero-order valence-electron chi connectivity index (χ0n) is 12.2. The third kappa shape index (κ3) is 2.74. The summed E-state index contributed by atoms with van der Waals surface area (Å²) < 4.78 is 7.19. The molecule has 6 heteroatoms. The predicted octanol–water partition coefficient (Wildman–Crippen LogP) is 1.18. The summed E-state index contributed by atoms with van der Waals surface area (Å²) in [5.41, 5.74) is 0.990. The van der Waals surface area contributed by atoms with Crippen molar-refractivity contribution in [2.45, 2.75) is 26.4 Å². The van der Waals surface area contributed by atoms with Crippen LogP contribution in [0.2, 0.25) is 0 Å². The molecule has 0 unspecified atom stereocenters. The standard InChI is InChI=1S/C15H18N4O2/c1-11-16-17-14-10-18(7-8-19(11)14)15(20)9-12-3-5-13(21-2)6-4-12/h3-6H,7-10H2,1-2H3. The monoisotopic (exact) mass is 286 g/mol. The minimum absolute atomic E-state index is 0.118. The summed E-state index contributed by atoms with van der Waals surface area (Å²) in [4.78, 5) is 14.2. The highest BCUT2D eigenvalue weighted by Crippen LogP contribution is 2.15. The van der Waals surface area contributed by atoms with E-state index in [0.29, 0.717) is 19.5 Å². The number of fused-ring (bicyclic) bond motifs is 1. The molecule has 0 saturated carbocycles. The van der Waals surface area contributed by atoms with Gasteiger partial charge in [0.15, 0.2) is 5.82 Å². The van der Waals surface area contributed by atoms with Crippen LogP contribution in [0.3, 0.4) is 0 Å². The average Bonchev–Trinajstić information content (AvgIpc) is 2.89. The fraction of sp³-hybridized carbons (Fsp3) is 0.400. The molecular formula is C15H18N4O2. The number of hydrogen-bond acceptors (Lipinski definition) is 4. The van der Waals surface area contributed by atoms with Gasteiger partial charge in [-0.3, -0.25) is 4.79 Å². The first-order valence-corrected chi connectivity index (χ1v) is 6.97. The SMILES string of the molecule is COc1ccc(CC(=O)N2CCn3c(C)nnc3C2)cc1. The number of carbonyl (C=O) groups is 1. The number of carbonyl (C=O) groups excluding carboxylic acids is 1. The van der Waals surface area contributed by atoms with Gasteiger partial charge in [0.05, 0.1) is 20.1 Å². The van der Waals surface area contributed by atoms with Crippen LogP contribution in [0.15, 0.2) is 24.3 Å². The minimum Gasteiger partial charge on any atom is -0.497 e. The lowest BCUT2D eigenvalue weighted by atomic mass is 10.1. The van der Waals surface area contributed by atoms with Crippen molar-refractivity contribution in [1.82, 2.24) is 19.7 Å². The topological polar surface area (TPSA) is 60.2 Å². The Balaban J connectivity index is 1.66. The van der Waals surface area contributed by atoms with Crippen molar-refractivity contribution in [3.63, 3.8) is 0 Å². The number of hydrogen-bond donors (Lipinski definition) is 0. The van der Waals surface area contributed by atoms with Gasteiger partial charge in [0.1, 0.15) is 11.6 Å². The van der Waals surface area contributed by atoms with E-state index in [9.17, 15) is 4.79 Å². The van der Waals surface area contributed by atoms with Gasteiger partial charge < -0.3 is 14.2 Å². The molecular weight excluding hydrogens is 268 g/mol. The number of nitrogens with zero attached hydrogens (tertiary/aromatic N) is 4. The quantitative estimate of drug-likeness (QED) is 0.850. The molecule has 3 rings (SSSR count). The number of rotatable bonds is 3. The normalized spacial score (nSPS) is 13.9. The van der Waals surface area contributed by atoms with Crippen LogP contribution in [0.25, 0.3) is 0 Å². The summed E-state index contributed by atoms with van der Waals surface area (Å²) in [5.74, 6) is 2.69. The van der Waals surface area contributed by atoms with E-state index in [2.05, 4.69) is 14.8 Å². The number of aromatic nitrogens is 3. The second-order valence-corrected chi connectivity index (χ2v) is 5.16. The molecule has 1 amide bonds. The molecule has 0 atom stereocenters. The molecule has 6 nitrogen and oxygen atoms in total. The van der Waals surface area contributed by atoms with Crippen molar-refractivity contribution in [3.05, 3.63) is 41.5 Å². The number of amides is 1. The molecule has 0 saturated heterocycles. The lowest BCUT2D eigenvalue weighted by Crippen LogP contribution is -2.39. The second-order valence-electron chi connectivity index (χ2n) is 5.16. The zero-order valence-corrected chi connectivity index (χ0v) is 12.2. The first kappa shape index (κ1) is 13.6. The van der Waals surface area contributed by atoms with Crippen LogP contribution in [-0.2, 0) is 24.3 Å². The van der Waals surface area contributed by atoms with Gasteiger partial charge in [-0.2, -0.15) is 0 Å². The van der Waals surface area contributed by atoms with Crippen molar-refractivity contribution >= 4 is 5.91 Å². The number of aryl methyl sites for hydroxylation is 1. The van der Waals surface area contributed by atoms with Gasteiger partial charge in [-0.1, -0.05) is 12.1 Å². The van der Waals surface area contributed by atoms with E-state index >= 15 is 0 Å². The van der Waals surface area contributed by atoms with E-state index in [1.165, 1.54) is 0 Å². The van der Waals surface area contributed by atoms with Gasteiger partial charge in [0.25, 0.3) is 0 Å². The van der Waals surface area contributed by atoms with Crippen LogP contribution in [0, 0.1) is 6.92 Å². The van der Waals surface area contributed by atoms with E-state index < -0.39 is 0 Å². The van der Waals surface area contributed by atoms with Crippen molar-refractivity contribution in [1.29, 1.82) is 0 Å². The molecule has 0 fully saturated rings. The molecule has 110 valence electrons. The molecule has 0 spiro atoms. The Hall–Kier alpha value is -2.37. The Bertz CT molecular complexity index is 648. The van der Waals surface area contributed by atoms with Crippen LogP contribution >= 0.6 is 0 Å². The fourth-order valence-electron chi connectivity index (χ4n) is 2.55. The first-order chi connectivity index (χ1) is 10.2. The number of methoxy groups -OCH3 is 1. The highest BCUT2D eigenvalue weighted by molar-refractivity contribution is 5.78. The lowest BCUT2D eigenvalue weighted by molar-refractivity contribution is -0.132. The van der Waals surface area contributed by atoms with E-state index in [0.717, 1.165) is 29.5 Å². The summed E-state index contributed by atoms with van der Waals surface area (Å²) in [5, 5.41) is 8.18. The average molecular weight is 286 g/mol. The molecule has 0 bridgehead atoms. The Kier molecular flexibility index (Phi) is 3.60. The van der Waals surface area contributed by atoms with Crippen molar-refractivity contribution in [3.8, 4) is 5.75 Å². The van der Waals surface area contributed by atoms with Crippen LogP contribution in [0.4, 0.5) is 0 Å². The summed E-state index contributed by atoms with van der Waals surface area (Å²) in [6, 6.07) is 7.60. The summed E-state index contributed by atoms with van der Waals surface area (Å²) in [7, 11) is 1.63. The fourth-order valence-corrected chi connectivity index (χ4v) is 2.55. The van der Waals surface area contributed by atoms with Crippen LogP contribution in [0.5, 0.6) is 5.75 Å². The third-order valence-corrected chi connectivity index (χ3v) is 3.81. The number of ether oxygens (including phenoxy) is 1. The second kappa shape index (κ2) is 5.55. The van der Waals surface area contributed by atoms with E-state index in [-0.39, 0.29) is 5.91 Å². The lowest BCUT2D eigenvalue weighted by Gasteiger charge is -2.27. The Morgan fingerprint density at radius 1 is 1.24 bits per heavy atom. The molecule has 0 aliphatic carbocycles. The van der Waals surface area contributed by atoms with Gasteiger partial charge in [-0.15, -0.1) is 10.2 Å². The van der Waals surface area contributed by atoms with Gasteiger partial charge in [0, 0.05) is 13.1 Å². The predicted molar refractivity (Wildman–Crippen MR) is 76.9 cm³/mol. The van der Waals surface area contributed by atoms with Crippen LogP contribution in [-0.4, -0.2) is 39.2 Å².